The molecule has 4 rings (SSSR count). The maximum absolute atomic E-state index is 14.6. The summed E-state index contributed by atoms with van der Waals surface area (Å²) in [6.45, 7) is 6.90. The minimum atomic E-state index is -4.75. The number of aromatic amines is 1. The number of aromatic nitrogens is 3. The zero-order chi connectivity index (χ0) is 26.7. The molecule has 3 aromatic rings. The van der Waals surface area contributed by atoms with Gasteiger partial charge in [-0.1, -0.05) is 12.7 Å². The molecule has 194 valence electrons. The van der Waals surface area contributed by atoms with Crippen molar-refractivity contribution in [2.75, 3.05) is 5.32 Å². The number of aliphatic imine (C=N–C) groups is 1. The first kappa shape index (κ1) is 26.0. The summed E-state index contributed by atoms with van der Waals surface area (Å²) in [4.78, 5) is 26.7. The number of benzene rings is 1. The molecule has 2 atom stereocenters. The van der Waals surface area contributed by atoms with Gasteiger partial charge in [-0.15, -0.1) is 0 Å². The molecule has 7 nitrogen and oxygen atoms in total. The van der Waals surface area contributed by atoms with Crippen molar-refractivity contribution in [2.45, 2.75) is 43.9 Å². The zero-order valence-electron chi connectivity index (χ0n) is 19.5. The van der Waals surface area contributed by atoms with E-state index in [4.69, 9.17) is 0 Å². The smallest absolute Gasteiger partial charge is 0.365 e. The number of halogens is 5. The lowest BCUT2D eigenvalue weighted by molar-refractivity contribution is -0.137. The molecule has 0 aliphatic heterocycles. The first-order valence-electron chi connectivity index (χ1n) is 11.4. The van der Waals surface area contributed by atoms with Gasteiger partial charge in [-0.25, -0.2) is 18.7 Å². The highest BCUT2D eigenvalue weighted by Gasteiger charge is 2.32. The van der Waals surface area contributed by atoms with Gasteiger partial charge in [0.25, 0.3) is 5.91 Å². The number of fused-ring (bicyclic) bond motifs is 1. The van der Waals surface area contributed by atoms with E-state index < -0.39 is 29.3 Å². The van der Waals surface area contributed by atoms with E-state index in [1.165, 1.54) is 18.3 Å². The Bertz CT molecular complexity index is 1380. The van der Waals surface area contributed by atoms with Gasteiger partial charge in [-0.3, -0.25) is 9.79 Å². The Kier molecular flexibility index (Phi) is 7.37. The van der Waals surface area contributed by atoms with Gasteiger partial charge in [0, 0.05) is 29.2 Å². The number of amides is 1. The van der Waals surface area contributed by atoms with Crippen LogP contribution in [0, 0.1) is 11.6 Å². The van der Waals surface area contributed by atoms with E-state index in [1.807, 2.05) is 0 Å². The number of alkyl halides is 3. The van der Waals surface area contributed by atoms with E-state index >= 15 is 0 Å². The predicted molar refractivity (Wildman–Crippen MR) is 130 cm³/mol. The molecule has 1 amide bonds. The van der Waals surface area contributed by atoms with Crippen LogP contribution in [0.2, 0.25) is 0 Å². The van der Waals surface area contributed by atoms with Gasteiger partial charge >= 0.3 is 6.18 Å². The first-order valence-corrected chi connectivity index (χ1v) is 11.4. The van der Waals surface area contributed by atoms with Crippen LogP contribution in [0.1, 0.15) is 31.2 Å². The van der Waals surface area contributed by atoms with E-state index in [1.54, 1.807) is 0 Å². The predicted octanol–water partition coefficient (Wildman–Crippen LogP) is 5.53. The Hall–Kier alpha value is -4.09. The number of allylic oxidation sites excluding steroid dienone is 2. The average molecular weight is 518 g/mol. The summed E-state index contributed by atoms with van der Waals surface area (Å²) in [6, 6.07) is 0.735. The SMILES string of the molecule is C=C/C=C(\N=C)C(=O)NC1CCCC(Nc2nc(-c3c[nH]c4c(F)cc(C(F)(F)F)cc34)ncc2F)C1. The molecule has 0 radical (unpaired) electrons. The maximum atomic E-state index is 14.6. The van der Waals surface area contributed by atoms with Crippen LogP contribution in [0.25, 0.3) is 22.3 Å². The molecule has 1 aromatic carbocycles. The number of anilines is 1. The third-order valence-electron chi connectivity index (χ3n) is 6.08. The van der Waals surface area contributed by atoms with Crippen molar-refractivity contribution < 1.29 is 26.7 Å². The summed E-state index contributed by atoms with van der Waals surface area (Å²) in [5.74, 6) is -2.47. The molecule has 0 bridgehead atoms. The lowest BCUT2D eigenvalue weighted by Crippen LogP contribution is -2.42. The second-order valence-corrected chi connectivity index (χ2v) is 8.59. The van der Waals surface area contributed by atoms with Crippen molar-refractivity contribution in [2.24, 2.45) is 4.99 Å². The molecule has 1 aliphatic carbocycles. The number of nitrogens with one attached hydrogen (secondary N) is 3. The molecule has 0 saturated heterocycles. The fourth-order valence-electron chi connectivity index (χ4n) is 4.35. The normalized spacial score (nSPS) is 18.5. The number of nitrogens with zero attached hydrogens (tertiary/aromatic N) is 3. The maximum Gasteiger partial charge on any atom is 0.416 e. The second-order valence-electron chi connectivity index (χ2n) is 8.59. The molecule has 2 unspecified atom stereocenters. The topological polar surface area (TPSA) is 95.1 Å². The third kappa shape index (κ3) is 5.68. The van der Waals surface area contributed by atoms with Crippen molar-refractivity contribution in [1.82, 2.24) is 20.3 Å². The average Bonchev–Trinajstić information content (AvgIpc) is 3.28. The fourth-order valence-corrected chi connectivity index (χ4v) is 4.35. The highest BCUT2D eigenvalue weighted by molar-refractivity contribution is 5.95. The van der Waals surface area contributed by atoms with E-state index in [9.17, 15) is 26.7 Å². The van der Waals surface area contributed by atoms with Gasteiger partial charge in [0.1, 0.15) is 11.5 Å². The minimum absolute atomic E-state index is 0.0780. The van der Waals surface area contributed by atoms with Gasteiger partial charge in [0.05, 0.1) is 17.3 Å². The molecular weight excluding hydrogens is 495 g/mol. The monoisotopic (exact) mass is 518 g/mol. The van der Waals surface area contributed by atoms with Gasteiger partial charge in [0.2, 0.25) is 0 Å². The summed E-state index contributed by atoms with van der Waals surface area (Å²) >= 11 is 0. The summed E-state index contributed by atoms with van der Waals surface area (Å²) in [5.41, 5.74) is -1.09. The van der Waals surface area contributed by atoms with Crippen LogP contribution in [0.15, 0.2) is 53.9 Å². The highest BCUT2D eigenvalue weighted by Crippen LogP contribution is 2.36. The largest absolute Gasteiger partial charge is 0.416 e. The van der Waals surface area contributed by atoms with Crippen molar-refractivity contribution in [3.05, 3.63) is 66.2 Å². The van der Waals surface area contributed by atoms with Crippen LogP contribution in [-0.2, 0) is 11.0 Å². The number of rotatable bonds is 7. The van der Waals surface area contributed by atoms with E-state index in [0.717, 1.165) is 18.7 Å². The van der Waals surface area contributed by atoms with Gasteiger partial charge in [-0.05, 0) is 50.6 Å². The van der Waals surface area contributed by atoms with Crippen molar-refractivity contribution >= 4 is 29.3 Å². The standard InChI is InChI=1S/C25H23F5N6O/c1-3-5-20(31-2)24(37)35-15-7-4-6-14(10-15)34-23-19(27)12-33-22(36-23)17-11-32-21-16(17)8-13(9-18(21)26)25(28,29)30/h3,5,8-9,11-12,14-15,32H,1-2,4,6-7,10H2,(H,35,37)(H,33,34,36)/b20-5-. The Morgan fingerprint density at radius 2 is 1.95 bits per heavy atom. The zero-order valence-corrected chi connectivity index (χ0v) is 19.5. The van der Waals surface area contributed by atoms with Gasteiger partial charge in [0.15, 0.2) is 17.5 Å². The molecule has 37 heavy (non-hydrogen) atoms. The quantitative estimate of drug-likeness (QED) is 0.166. The number of H-pyrrole nitrogens is 1. The summed E-state index contributed by atoms with van der Waals surface area (Å²) in [7, 11) is 0. The number of hydrogen-bond donors (Lipinski definition) is 3. The number of hydrogen-bond acceptors (Lipinski definition) is 5. The Morgan fingerprint density at radius 3 is 2.65 bits per heavy atom. The van der Waals surface area contributed by atoms with Crippen molar-refractivity contribution in [1.29, 1.82) is 0 Å². The molecule has 3 N–H and O–H groups in total. The van der Waals surface area contributed by atoms with Crippen LogP contribution in [0.5, 0.6) is 0 Å². The summed E-state index contributed by atoms with van der Waals surface area (Å²) in [5, 5.41) is 5.81. The first-order chi connectivity index (χ1) is 17.6. The van der Waals surface area contributed by atoms with Crippen LogP contribution < -0.4 is 10.6 Å². The van der Waals surface area contributed by atoms with Crippen LogP contribution >= 0.6 is 0 Å². The molecule has 12 heteroatoms. The number of carbonyl (C=O) groups is 1. The second kappa shape index (κ2) is 10.5. The summed E-state index contributed by atoms with van der Waals surface area (Å²) in [6.07, 6.45) is 2.88. The van der Waals surface area contributed by atoms with Crippen LogP contribution in [0.3, 0.4) is 0 Å². The van der Waals surface area contributed by atoms with Crippen LogP contribution in [-0.4, -0.2) is 39.7 Å². The Labute approximate surface area is 208 Å². The Morgan fingerprint density at radius 1 is 1.19 bits per heavy atom. The van der Waals surface area contributed by atoms with Crippen LogP contribution in [0.4, 0.5) is 27.8 Å². The molecule has 1 aliphatic rings. The lowest BCUT2D eigenvalue weighted by atomic mass is 9.91. The lowest BCUT2D eigenvalue weighted by Gasteiger charge is -2.30. The van der Waals surface area contributed by atoms with E-state index in [0.29, 0.717) is 25.3 Å². The minimum Gasteiger partial charge on any atom is -0.365 e. The van der Waals surface area contributed by atoms with Crippen molar-refractivity contribution in [3.8, 4) is 11.4 Å². The molecular formula is C25H23F5N6O. The third-order valence-corrected chi connectivity index (χ3v) is 6.08. The number of carbonyl (C=O) groups excluding carboxylic acids is 1. The van der Waals surface area contributed by atoms with E-state index in [-0.39, 0.29) is 45.9 Å². The van der Waals surface area contributed by atoms with Gasteiger partial charge in [-0.2, -0.15) is 13.2 Å². The highest BCUT2D eigenvalue weighted by atomic mass is 19.4. The fraction of sp³-hybridized carbons (Fsp3) is 0.280. The van der Waals surface area contributed by atoms with Crippen molar-refractivity contribution in [3.63, 3.8) is 0 Å². The molecule has 1 fully saturated rings. The molecule has 2 aromatic heterocycles. The van der Waals surface area contributed by atoms with Gasteiger partial charge < -0.3 is 15.6 Å². The Balaban J connectivity index is 1.56. The van der Waals surface area contributed by atoms with E-state index in [2.05, 4.69) is 43.9 Å². The molecule has 1 saturated carbocycles. The molecule has 2 heterocycles. The molecule has 0 spiro atoms. The summed E-state index contributed by atoms with van der Waals surface area (Å²) < 4.78 is 68.6.